The van der Waals surface area contributed by atoms with Gasteiger partial charge in [0.2, 0.25) is 5.95 Å². The molecule has 0 spiro atoms. The number of aromatic nitrogens is 3. The number of nitrogens with zero attached hydrogens (tertiary/aromatic N) is 6. The van der Waals surface area contributed by atoms with Gasteiger partial charge in [0.15, 0.2) is 11.6 Å². The van der Waals surface area contributed by atoms with E-state index in [1.165, 1.54) is 0 Å². The first-order valence-electron chi connectivity index (χ1n) is 7.55. The molecule has 0 saturated heterocycles. The SMILES string of the molecule is CN(C)c1nc(-c2cccc(C#N)c2)nc(-c2cccc(C#N)c2)n1. The van der Waals surface area contributed by atoms with E-state index >= 15 is 0 Å². The summed E-state index contributed by atoms with van der Waals surface area (Å²) in [6.07, 6.45) is 0. The Morgan fingerprint density at radius 3 is 1.64 bits per heavy atom. The number of rotatable bonds is 3. The van der Waals surface area contributed by atoms with E-state index in [1.54, 1.807) is 41.3 Å². The van der Waals surface area contributed by atoms with Gasteiger partial charge in [0.05, 0.1) is 23.3 Å². The Morgan fingerprint density at radius 1 is 0.760 bits per heavy atom. The number of hydrogen-bond acceptors (Lipinski definition) is 6. The summed E-state index contributed by atoms with van der Waals surface area (Å²) in [5.41, 5.74) is 2.55. The normalized spacial score (nSPS) is 9.92. The average Bonchev–Trinajstić information content (AvgIpc) is 2.67. The van der Waals surface area contributed by atoms with Crippen molar-refractivity contribution in [2.24, 2.45) is 0 Å². The molecule has 1 aromatic heterocycles. The molecule has 3 rings (SSSR count). The van der Waals surface area contributed by atoms with Crippen LogP contribution in [0.25, 0.3) is 22.8 Å². The fraction of sp³-hybridized carbons (Fsp3) is 0.105. The molecule has 6 nitrogen and oxygen atoms in total. The van der Waals surface area contributed by atoms with Crippen molar-refractivity contribution in [2.45, 2.75) is 0 Å². The second-order valence-electron chi connectivity index (χ2n) is 5.56. The second-order valence-corrected chi connectivity index (χ2v) is 5.56. The minimum atomic E-state index is 0.480. The van der Waals surface area contributed by atoms with Crippen molar-refractivity contribution >= 4 is 5.95 Å². The van der Waals surface area contributed by atoms with Crippen LogP contribution in [0.3, 0.4) is 0 Å². The smallest absolute Gasteiger partial charge is 0.228 e. The van der Waals surface area contributed by atoms with Crippen molar-refractivity contribution in [3.63, 3.8) is 0 Å². The zero-order valence-corrected chi connectivity index (χ0v) is 13.8. The summed E-state index contributed by atoms with van der Waals surface area (Å²) in [6, 6.07) is 18.5. The number of benzene rings is 2. The molecular weight excluding hydrogens is 312 g/mol. The highest BCUT2D eigenvalue weighted by Gasteiger charge is 2.12. The quantitative estimate of drug-likeness (QED) is 0.735. The maximum Gasteiger partial charge on any atom is 0.228 e. The summed E-state index contributed by atoms with van der Waals surface area (Å²) in [7, 11) is 3.70. The van der Waals surface area contributed by atoms with Crippen molar-refractivity contribution < 1.29 is 0 Å². The number of hydrogen-bond donors (Lipinski definition) is 0. The maximum atomic E-state index is 9.10. The Balaban J connectivity index is 2.18. The van der Waals surface area contributed by atoms with Crippen LogP contribution in [0.4, 0.5) is 5.95 Å². The summed E-state index contributed by atoms with van der Waals surface area (Å²) in [5.74, 6) is 1.46. The van der Waals surface area contributed by atoms with E-state index in [-0.39, 0.29) is 0 Å². The van der Waals surface area contributed by atoms with Crippen LogP contribution >= 0.6 is 0 Å². The van der Waals surface area contributed by atoms with Crippen LogP contribution in [-0.2, 0) is 0 Å². The molecule has 0 unspecified atom stereocenters. The molecule has 6 heteroatoms. The van der Waals surface area contributed by atoms with E-state index in [0.717, 1.165) is 11.1 Å². The van der Waals surface area contributed by atoms with Crippen molar-refractivity contribution in [3.8, 4) is 34.9 Å². The Kier molecular flexibility index (Phi) is 4.36. The maximum absolute atomic E-state index is 9.10. The molecule has 25 heavy (non-hydrogen) atoms. The summed E-state index contributed by atoms with van der Waals surface area (Å²) in [4.78, 5) is 15.3. The zero-order valence-electron chi connectivity index (χ0n) is 13.8. The lowest BCUT2D eigenvalue weighted by atomic mass is 10.1. The van der Waals surface area contributed by atoms with Gasteiger partial charge in [0.25, 0.3) is 0 Å². The average molecular weight is 326 g/mol. The molecule has 0 fully saturated rings. The molecule has 0 aliphatic heterocycles. The molecule has 0 amide bonds. The third-order valence-corrected chi connectivity index (χ3v) is 3.52. The minimum Gasteiger partial charge on any atom is -0.347 e. The van der Waals surface area contributed by atoms with Gasteiger partial charge >= 0.3 is 0 Å². The highest BCUT2D eigenvalue weighted by molar-refractivity contribution is 5.65. The van der Waals surface area contributed by atoms with Crippen LogP contribution in [0.1, 0.15) is 11.1 Å². The van der Waals surface area contributed by atoms with Gasteiger partial charge in [-0.25, -0.2) is 4.98 Å². The molecule has 2 aromatic carbocycles. The van der Waals surface area contributed by atoms with Crippen molar-refractivity contribution in [3.05, 3.63) is 59.7 Å². The van der Waals surface area contributed by atoms with Crippen LogP contribution in [0.15, 0.2) is 48.5 Å². The lowest BCUT2D eigenvalue weighted by Crippen LogP contribution is -2.14. The third kappa shape index (κ3) is 3.44. The van der Waals surface area contributed by atoms with Crippen molar-refractivity contribution in [2.75, 3.05) is 19.0 Å². The molecule has 1 heterocycles. The Hall–Kier alpha value is -3.77. The van der Waals surface area contributed by atoms with Crippen LogP contribution in [0.2, 0.25) is 0 Å². The molecule has 0 bridgehead atoms. The topological polar surface area (TPSA) is 89.5 Å². The van der Waals surface area contributed by atoms with Crippen LogP contribution in [0, 0.1) is 22.7 Å². The highest BCUT2D eigenvalue weighted by atomic mass is 15.2. The molecule has 0 atom stereocenters. The van der Waals surface area contributed by atoms with E-state index in [1.807, 2.05) is 26.2 Å². The molecule has 120 valence electrons. The molecule has 0 saturated carbocycles. The standard InChI is InChI=1S/C19H14N6/c1-25(2)19-23-17(15-7-3-5-13(9-15)11-20)22-18(24-19)16-8-4-6-14(10-16)12-21/h3-10H,1-2H3. The zero-order chi connectivity index (χ0) is 17.8. The fourth-order valence-corrected chi connectivity index (χ4v) is 2.28. The Bertz CT molecular complexity index is 935. The predicted octanol–water partition coefficient (Wildman–Crippen LogP) is 3.01. The van der Waals surface area contributed by atoms with E-state index in [0.29, 0.717) is 28.7 Å². The van der Waals surface area contributed by atoms with Crippen LogP contribution < -0.4 is 4.90 Å². The monoisotopic (exact) mass is 326 g/mol. The van der Waals surface area contributed by atoms with Crippen LogP contribution in [-0.4, -0.2) is 29.0 Å². The van der Waals surface area contributed by atoms with Gasteiger partial charge in [-0.3, -0.25) is 0 Å². The first kappa shape index (κ1) is 16.1. The van der Waals surface area contributed by atoms with Gasteiger partial charge in [-0.2, -0.15) is 20.5 Å². The summed E-state index contributed by atoms with van der Waals surface area (Å²) in [5, 5.41) is 18.2. The first-order valence-corrected chi connectivity index (χ1v) is 7.55. The molecule has 0 N–H and O–H groups in total. The van der Waals surface area contributed by atoms with Gasteiger partial charge in [0, 0.05) is 25.2 Å². The third-order valence-electron chi connectivity index (χ3n) is 3.52. The number of anilines is 1. The van der Waals surface area contributed by atoms with Crippen LogP contribution in [0.5, 0.6) is 0 Å². The number of nitriles is 2. The van der Waals surface area contributed by atoms with E-state index in [4.69, 9.17) is 10.5 Å². The molecule has 0 aliphatic carbocycles. The first-order chi connectivity index (χ1) is 12.1. The van der Waals surface area contributed by atoms with Crippen molar-refractivity contribution in [1.82, 2.24) is 15.0 Å². The molecule has 0 aliphatic rings. The van der Waals surface area contributed by atoms with Gasteiger partial charge in [-0.05, 0) is 24.3 Å². The van der Waals surface area contributed by atoms with E-state index in [2.05, 4.69) is 27.1 Å². The predicted molar refractivity (Wildman–Crippen MR) is 94.5 cm³/mol. The Labute approximate surface area is 145 Å². The lowest BCUT2D eigenvalue weighted by Gasteiger charge is -2.13. The van der Waals surface area contributed by atoms with E-state index < -0.39 is 0 Å². The lowest BCUT2D eigenvalue weighted by molar-refractivity contribution is 0.967. The molecule has 0 radical (unpaired) electrons. The molecule has 3 aromatic rings. The molecular formula is C19H14N6. The van der Waals surface area contributed by atoms with Gasteiger partial charge < -0.3 is 4.90 Å². The van der Waals surface area contributed by atoms with Crippen molar-refractivity contribution in [1.29, 1.82) is 10.5 Å². The van der Waals surface area contributed by atoms with Gasteiger partial charge in [-0.15, -0.1) is 0 Å². The minimum absolute atomic E-state index is 0.480. The van der Waals surface area contributed by atoms with Gasteiger partial charge in [0.1, 0.15) is 0 Å². The van der Waals surface area contributed by atoms with Gasteiger partial charge in [-0.1, -0.05) is 24.3 Å². The summed E-state index contributed by atoms with van der Waals surface area (Å²) in [6.45, 7) is 0. The second kappa shape index (κ2) is 6.77. The largest absolute Gasteiger partial charge is 0.347 e. The fourth-order valence-electron chi connectivity index (χ4n) is 2.28. The Morgan fingerprint density at radius 2 is 1.24 bits per heavy atom. The summed E-state index contributed by atoms with van der Waals surface area (Å²) >= 11 is 0. The van der Waals surface area contributed by atoms with E-state index in [9.17, 15) is 0 Å². The highest BCUT2D eigenvalue weighted by Crippen LogP contribution is 2.23. The summed E-state index contributed by atoms with van der Waals surface area (Å²) < 4.78 is 0.